The number of halogens is 1. The van der Waals surface area contributed by atoms with Crippen molar-refractivity contribution in [2.45, 2.75) is 25.2 Å². The fourth-order valence-corrected chi connectivity index (χ4v) is 4.62. The molecule has 1 aliphatic rings. The van der Waals surface area contributed by atoms with Crippen LogP contribution in [0, 0.1) is 0 Å². The molecule has 0 saturated heterocycles. The number of hydrogen-bond donors (Lipinski definition) is 1. The summed E-state index contributed by atoms with van der Waals surface area (Å²) >= 11 is 6.15. The first-order chi connectivity index (χ1) is 15.3. The molecule has 1 aliphatic heterocycles. The van der Waals surface area contributed by atoms with Gasteiger partial charge in [-0.05, 0) is 72.1 Å². The minimum absolute atomic E-state index is 0.0842. The molecule has 0 bridgehead atoms. The van der Waals surface area contributed by atoms with Crippen LogP contribution in [0.1, 0.15) is 23.6 Å². The van der Waals surface area contributed by atoms with Gasteiger partial charge in [0, 0.05) is 11.1 Å². The number of nitrogens with zero attached hydrogens (tertiary/aromatic N) is 1. The molecule has 0 spiro atoms. The Hall–Kier alpha value is -2.86. The number of carboxylic acids is 1. The summed E-state index contributed by atoms with van der Waals surface area (Å²) in [7, 11) is 3.46. The third kappa shape index (κ3) is 3.99. The zero-order valence-corrected chi connectivity index (χ0v) is 19.1. The van der Waals surface area contributed by atoms with Gasteiger partial charge in [0.15, 0.2) is 0 Å². The molecular weight excluding hydrogens is 426 g/mol. The van der Waals surface area contributed by atoms with Gasteiger partial charge in [0.05, 0.1) is 20.3 Å². The predicted octanol–water partition coefficient (Wildman–Crippen LogP) is 5.19. The number of methoxy groups -OCH3 is 1. The highest BCUT2D eigenvalue weighted by atomic mass is 35.5. The Morgan fingerprint density at radius 1 is 1.12 bits per heavy atom. The van der Waals surface area contributed by atoms with Gasteiger partial charge in [0.1, 0.15) is 11.4 Å². The molecule has 0 aromatic heterocycles. The lowest BCUT2D eigenvalue weighted by atomic mass is 9.79. The molecule has 5 nitrogen and oxygen atoms in total. The van der Waals surface area contributed by atoms with Gasteiger partial charge < -0.3 is 14.6 Å². The first-order valence-corrected chi connectivity index (χ1v) is 10.8. The van der Waals surface area contributed by atoms with Gasteiger partial charge in [-0.2, -0.15) is 0 Å². The van der Waals surface area contributed by atoms with Crippen LogP contribution in [-0.4, -0.2) is 42.7 Å². The summed E-state index contributed by atoms with van der Waals surface area (Å²) in [5.74, 6) is -0.0611. The largest absolute Gasteiger partial charge is 0.497 e. The fraction of sp³-hybridized carbons (Fsp3) is 0.269. The van der Waals surface area contributed by atoms with E-state index in [-0.39, 0.29) is 12.6 Å². The highest BCUT2D eigenvalue weighted by Crippen LogP contribution is 2.47. The minimum atomic E-state index is -0.876. The van der Waals surface area contributed by atoms with Gasteiger partial charge in [0.25, 0.3) is 0 Å². The molecule has 1 N–H and O–H groups in total. The zero-order valence-electron chi connectivity index (χ0n) is 18.3. The van der Waals surface area contributed by atoms with Crippen LogP contribution in [-0.2, 0) is 21.7 Å². The lowest BCUT2D eigenvalue weighted by Crippen LogP contribution is -2.49. The standard InChI is InChI=1S/C26H26ClNO4/c1-17(28(2)15-25(29)30)26(21-7-9-22(27)10-8-21)24-13-6-19(14-20(24)16-32-26)18-4-11-23(31-3)12-5-18/h4-14,17H,15-16H2,1-3H3,(H,29,30). The maximum absolute atomic E-state index is 11.4. The second-order valence-electron chi connectivity index (χ2n) is 8.12. The van der Waals surface area contributed by atoms with Gasteiger partial charge >= 0.3 is 5.97 Å². The molecule has 0 fully saturated rings. The molecule has 3 aromatic carbocycles. The molecule has 32 heavy (non-hydrogen) atoms. The first-order valence-electron chi connectivity index (χ1n) is 10.4. The highest BCUT2D eigenvalue weighted by molar-refractivity contribution is 6.30. The Balaban J connectivity index is 1.79. The number of likely N-dealkylation sites (N-methyl/N-ethyl adjacent to an activating group) is 1. The molecule has 166 valence electrons. The maximum Gasteiger partial charge on any atom is 0.317 e. The quantitative estimate of drug-likeness (QED) is 0.535. The number of benzene rings is 3. The van der Waals surface area contributed by atoms with Crippen LogP contribution in [0.2, 0.25) is 5.02 Å². The second kappa shape index (κ2) is 8.94. The zero-order chi connectivity index (χ0) is 22.9. The summed E-state index contributed by atoms with van der Waals surface area (Å²) in [6.45, 7) is 2.36. The topological polar surface area (TPSA) is 59.0 Å². The molecule has 0 aliphatic carbocycles. The third-order valence-electron chi connectivity index (χ3n) is 6.29. The summed E-state index contributed by atoms with van der Waals surface area (Å²) in [5.41, 5.74) is 4.46. The highest BCUT2D eigenvalue weighted by Gasteiger charge is 2.48. The van der Waals surface area contributed by atoms with Gasteiger partial charge in [-0.1, -0.05) is 48.0 Å². The average molecular weight is 452 g/mol. The molecule has 3 aromatic rings. The summed E-state index contributed by atoms with van der Waals surface area (Å²) < 4.78 is 11.8. The van der Waals surface area contributed by atoms with E-state index in [0.29, 0.717) is 11.6 Å². The van der Waals surface area contributed by atoms with E-state index in [0.717, 1.165) is 33.6 Å². The molecule has 2 unspecified atom stereocenters. The molecule has 0 radical (unpaired) electrons. The minimum Gasteiger partial charge on any atom is -0.497 e. The average Bonchev–Trinajstić information content (AvgIpc) is 3.18. The third-order valence-corrected chi connectivity index (χ3v) is 6.54. The lowest BCUT2D eigenvalue weighted by molar-refractivity contribution is -0.140. The molecule has 0 saturated carbocycles. The summed E-state index contributed by atoms with van der Waals surface area (Å²) in [6.07, 6.45) is 0. The van der Waals surface area contributed by atoms with Crippen LogP contribution in [0.4, 0.5) is 0 Å². The van der Waals surface area contributed by atoms with Crippen LogP contribution < -0.4 is 4.74 Å². The monoisotopic (exact) mass is 451 g/mol. The van der Waals surface area contributed by atoms with E-state index in [1.165, 1.54) is 0 Å². The second-order valence-corrected chi connectivity index (χ2v) is 8.55. The van der Waals surface area contributed by atoms with Gasteiger partial charge in [-0.3, -0.25) is 9.69 Å². The Bertz CT molecular complexity index is 1110. The maximum atomic E-state index is 11.4. The van der Waals surface area contributed by atoms with Crippen LogP contribution in [0.15, 0.2) is 66.7 Å². The van der Waals surface area contributed by atoms with Crippen molar-refractivity contribution >= 4 is 17.6 Å². The number of carbonyl (C=O) groups is 1. The Morgan fingerprint density at radius 2 is 1.78 bits per heavy atom. The van der Waals surface area contributed by atoms with E-state index < -0.39 is 11.6 Å². The lowest BCUT2D eigenvalue weighted by Gasteiger charge is -2.40. The van der Waals surface area contributed by atoms with Crippen molar-refractivity contribution in [1.82, 2.24) is 4.90 Å². The van der Waals surface area contributed by atoms with Crippen molar-refractivity contribution in [3.05, 3.63) is 88.4 Å². The van der Waals surface area contributed by atoms with Gasteiger partial charge in [-0.15, -0.1) is 0 Å². The molecule has 6 heteroatoms. The number of fused-ring (bicyclic) bond motifs is 1. The SMILES string of the molecule is COc1ccc(-c2ccc3c(c2)COC3(c2ccc(Cl)cc2)C(C)N(C)CC(=O)O)cc1. The first kappa shape index (κ1) is 22.3. The molecule has 0 amide bonds. The summed E-state index contributed by atoms with van der Waals surface area (Å²) in [5, 5.41) is 9.99. The van der Waals surface area contributed by atoms with Crippen molar-refractivity contribution in [1.29, 1.82) is 0 Å². The Labute approximate surface area is 193 Å². The smallest absolute Gasteiger partial charge is 0.317 e. The van der Waals surface area contributed by atoms with Crippen LogP contribution in [0.5, 0.6) is 5.75 Å². The van der Waals surface area contributed by atoms with E-state index in [2.05, 4.69) is 18.2 Å². The van der Waals surface area contributed by atoms with Crippen molar-refractivity contribution in [2.24, 2.45) is 0 Å². The van der Waals surface area contributed by atoms with Crippen molar-refractivity contribution in [2.75, 3.05) is 20.7 Å². The number of aliphatic carboxylic acids is 1. The van der Waals surface area contributed by atoms with E-state index in [9.17, 15) is 9.90 Å². The number of carboxylic acid groups (broad SMARTS) is 1. The molecule has 1 heterocycles. The van der Waals surface area contributed by atoms with Gasteiger partial charge in [-0.25, -0.2) is 0 Å². The number of ether oxygens (including phenoxy) is 2. The van der Waals surface area contributed by atoms with Crippen molar-refractivity contribution in [3.8, 4) is 16.9 Å². The van der Waals surface area contributed by atoms with Crippen molar-refractivity contribution < 1.29 is 19.4 Å². The van der Waals surface area contributed by atoms with Gasteiger partial charge in [0.2, 0.25) is 0 Å². The Kier molecular flexibility index (Phi) is 6.24. The number of rotatable bonds is 7. The van der Waals surface area contributed by atoms with E-state index in [1.807, 2.05) is 67.4 Å². The predicted molar refractivity (Wildman–Crippen MR) is 125 cm³/mol. The Morgan fingerprint density at radius 3 is 2.41 bits per heavy atom. The van der Waals surface area contributed by atoms with Crippen LogP contribution in [0.25, 0.3) is 11.1 Å². The van der Waals surface area contributed by atoms with E-state index >= 15 is 0 Å². The summed E-state index contributed by atoms with van der Waals surface area (Å²) in [4.78, 5) is 13.2. The molecule has 2 atom stereocenters. The molecule has 4 rings (SSSR count). The van der Waals surface area contributed by atoms with Crippen molar-refractivity contribution in [3.63, 3.8) is 0 Å². The molecular formula is C26H26ClNO4. The van der Waals surface area contributed by atoms with E-state index in [1.54, 1.807) is 7.11 Å². The summed E-state index contributed by atoms with van der Waals surface area (Å²) in [6, 6.07) is 21.7. The normalized spacial score (nSPS) is 18.4. The number of hydrogen-bond acceptors (Lipinski definition) is 4. The van der Waals surface area contributed by atoms with Crippen LogP contribution >= 0.6 is 11.6 Å². The fourth-order valence-electron chi connectivity index (χ4n) is 4.49. The van der Waals surface area contributed by atoms with Crippen LogP contribution in [0.3, 0.4) is 0 Å². The van der Waals surface area contributed by atoms with E-state index in [4.69, 9.17) is 21.1 Å².